The summed E-state index contributed by atoms with van der Waals surface area (Å²) in [6, 6.07) is 4.58. The van der Waals surface area contributed by atoms with Crippen LogP contribution >= 0.6 is 0 Å². The lowest BCUT2D eigenvalue weighted by atomic mass is 10.00. The molecular formula is C12H6F5N. The van der Waals surface area contributed by atoms with Crippen molar-refractivity contribution in [1.29, 1.82) is 0 Å². The second-order valence-electron chi connectivity index (χ2n) is 3.53. The topological polar surface area (TPSA) is 12.9 Å². The molecule has 0 saturated heterocycles. The minimum absolute atomic E-state index is 0.123. The highest BCUT2D eigenvalue weighted by molar-refractivity contribution is 5.67. The van der Waals surface area contributed by atoms with E-state index in [1.54, 1.807) is 0 Å². The number of hydrogen-bond donors (Lipinski definition) is 0. The molecule has 1 nitrogen and oxygen atoms in total. The van der Waals surface area contributed by atoms with Crippen molar-refractivity contribution < 1.29 is 22.0 Å². The van der Waals surface area contributed by atoms with Crippen molar-refractivity contribution in [3.63, 3.8) is 0 Å². The molecule has 0 spiro atoms. The molecule has 0 aliphatic heterocycles. The molecule has 94 valence electrons. The zero-order chi connectivity index (χ0) is 13.3. The molecule has 0 unspecified atom stereocenters. The van der Waals surface area contributed by atoms with Gasteiger partial charge in [-0.05, 0) is 24.3 Å². The van der Waals surface area contributed by atoms with E-state index < -0.39 is 29.1 Å². The van der Waals surface area contributed by atoms with Crippen molar-refractivity contribution in [3.05, 3.63) is 53.9 Å². The van der Waals surface area contributed by atoms with E-state index in [2.05, 4.69) is 4.98 Å². The van der Waals surface area contributed by atoms with Crippen molar-refractivity contribution in [3.8, 4) is 11.1 Å². The van der Waals surface area contributed by atoms with Crippen LogP contribution in [0.1, 0.15) is 5.56 Å². The summed E-state index contributed by atoms with van der Waals surface area (Å²) < 4.78 is 64.4. The fourth-order valence-corrected chi connectivity index (χ4v) is 1.58. The van der Waals surface area contributed by atoms with Gasteiger partial charge >= 0.3 is 6.18 Å². The normalized spacial score (nSPS) is 11.6. The number of rotatable bonds is 1. The minimum atomic E-state index is -4.69. The third-order valence-electron chi connectivity index (χ3n) is 2.34. The fraction of sp³-hybridized carbons (Fsp3) is 0.0833. The Hall–Kier alpha value is -1.98. The lowest BCUT2D eigenvalue weighted by molar-refractivity contribution is -0.137. The second kappa shape index (κ2) is 4.36. The Labute approximate surface area is 98.9 Å². The summed E-state index contributed by atoms with van der Waals surface area (Å²) in [6.45, 7) is 0. The van der Waals surface area contributed by atoms with E-state index in [0.29, 0.717) is 0 Å². The highest BCUT2D eigenvalue weighted by atomic mass is 19.4. The smallest absolute Gasteiger partial charge is 0.228 e. The van der Waals surface area contributed by atoms with Crippen molar-refractivity contribution >= 4 is 0 Å². The van der Waals surface area contributed by atoms with Gasteiger partial charge in [0, 0.05) is 17.3 Å². The van der Waals surface area contributed by atoms with Crippen LogP contribution < -0.4 is 0 Å². The van der Waals surface area contributed by atoms with Crippen LogP contribution in [0.15, 0.2) is 36.5 Å². The second-order valence-corrected chi connectivity index (χ2v) is 3.53. The number of aromatic nitrogens is 1. The van der Waals surface area contributed by atoms with E-state index in [-0.39, 0.29) is 5.56 Å². The standard InChI is InChI=1S/C12H6F5N/c13-9-3-1-2-8(12(15,16)17)11(9)7-4-5-10(14)18-6-7/h1-6H. The summed E-state index contributed by atoms with van der Waals surface area (Å²) in [5.41, 5.74) is -1.87. The van der Waals surface area contributed by atoms with Gasteiger partial charge in [0.25, 0.3) is 0 Å². The van der Waals surface area contributed by atoms with E-state index in [4.69, 9.17) is 0 Å². The van der Waals surface area contributed by atoms with Crippen molar-refractivity contribution in [2.75, 3.05) is 0 Å². The third kappa shape index (κ3) is 2.32. The van der Waals surface area contributed by atoms with Gasteiger partial charge in [0.05, 0.1) is 5.56 Å². The zero-order valence-corrected chi connectivity index (χ0v) is 8.80. The molecular weight excluding hydrogens is 253 g/mol. The van der Waals surface area contributed by atoms with Crippen LogP contribution in [0.2, 0.25) is 0 Å². The summed E-state index contributed by atoms with van der Waals surface area (Å²) in [4.78, 5) is 3.22. The van der Waals surface area contributed by atoms with Gasteiger partial charge in [-0.25, -0.2) is 9.37 Å². The van der Waals surface area contributed by atoms with Crippen LogP contribution in [0.5, 0.6) is 0 Å². The molecule has 2 rings (SSSR count). The van der Waals surface area contributed by atoms with Gasteiger partial charge in [0.15, 0.2) is 0 Å². The van der Waals surface area contributed by atoms with Gasteiger partial charge < -0.3 is 0 Å². The van der Waals surface area contributed by atoms with Gasteiger partial charge in [-0.2, -0.15) is 17.6 Å². The average Bonchev–Trinajstić information content (AvgIpc) is 2.29. The van der Waals surface area contributed by atoms with Crippen molar-refractivity contribution in [2.24, 2.45) is 0 Å². The van der Waals surface area contributed by atoms with E-state index in [1.165, 1.54) is 0 Å². The van der Waals surface area contributed by atoms with Crippen LogP contribution in [0.4, 0.5) is 22.0 Å². The maximum absolute atomic E-state index is 13.5. The number of alkyl halides is 3. The summed E-state index contributed by atoms with van der Waals surface area (Å²) in [5.74, 6) is -1.87. The Bertz CT molecular complexity index is 560. The highest BCUT2D eigenvalue weighted by Crippen LogP contribution is 2.38. The monoisotopic (exact) mass is 259 g/mol. The van der Waals surface area contributed by atoms with E-state index in [9.17, 15) is 22.0 Å². The summed E-state index contributed by atoms with van der Waals surface area (Å²) in [6.07, 6.45) is -3.82. The number of benzene rings is 1. The Kier molecular flexibility index (Phi) is 3.02. The fourth-order valence-electron chi connectivity index (χ4n) is 1.58. The average molecular weight is 259 g/mol. The Morgan fingerprint density at radius 2 is 1.67 bits per heavy atom. The van der Waals surface area contributed by atoms with E-state index in [0.717, 1.165) is 36.5 Å². The molecule has 2 aromatic rings. The van der Waals surface area contributed by atoms with Crippen LogP contribution in [0.25, 0.3) is 11.1 Å². The van der Waals surface area contributed by atoms with Gasteiger partial charge in [-0.15, -0.1) is 0 Å². The molecule has 1 heterocycles. The molecule has 1 aromatic heterocycles. The lowest BCUT2D eigenvalue weighted by Gasteiger charge is -2.13. The molecule has 0 fully saturated rings. The van der Waals surface area contributed by atoms with Crippen LogP contribution in [0.3, 0.4) is 0 Å². The first-order valence-corrected chi connectivity index (χ1v) is 4.87. The summed E-state index contributed by atoms with van der Waals surface area (Å²) in [5, 5.41) is 0. The first-order valence-electron chi connectivity index (χ1n) is 4.87. The Balaban J connectivity index is 2.66. The number of nitrogens with zero attached hydrogens (tertiary/aromatic N) is 1. The van der Waals surface area contributed by atoms with Crippen molar-refractivity contribution in [1.82, 2.24) is 4.98 Å². The van der Waals surface area contributed by atoms with Crippen LogP contribution in [0, 0.1) is 11.8 Å². The summed E-state index contributed by atoms with van der Waals surface area (Å²) >= 11 is 0. The predicted octanol–water partition coefficient (Wildman–Crippen LogP) is 4.05. The van der Waals surface area contributed by atoms with E-state index in [1.807, 2.05) is 0 Å². The molecule has 0 aliphatic rings. The largest absolute Gasteiger partial charge is 0.417 e. The SMILES string of the molecule is Fc1ccc(-c2c(F)cccc2C(F)(F)F)cn1. The molecule has 0 N–H and O–H groups in total. The summed E-state index contributed by atoms with van der Waals surface area (Å²) in [7, 11) is 0. The molecule has 0 bridgehead atoms. The lowest BCUT2D eigenvalue weighted by Crippen LogP contribution is -2.08. The molecule has 0 saturated carbocycles. The molecule has 0 amide bonds. The molecule has 6 heteroatoms. The number of halogens is 5. The Morgan fingerprint density at radius 1 is 0.944 bits per heavy atom. The van der Waals surface area contributed by atoms with Crippen LogP contribution in [-0.4, -0.2) is 4.98 Å². The molecule has 18 heavy (non-hydrogen) atoms. The molecule has 0 radical (unpaired) electrons. The number of pyridine rings is 1. The zero-order valence-electron chi connectivity index (χ0n) is 8.80. The maximum Gasteiger partial charge on any atom is 0.417 e. The maximum atomic E-state index is 13.5. The third-order valence-corrected chi connectivity index (χ3v) is 2.34. The number of hydrogen-bond acceptors (Lipinski definition) is 1. The first-order chi connectivity index (χ1) is 8.39. The first kappa shape index (κ1) is 12.5. The van der Waals surface area contributed by atoms with Gasteiger partial charge in [-0.1, -0.05) is 6.07 Å². The van der Waals surface area contributed by atoms with Crippen molar-refractivity contribution in [2.45, 2.75) is 6.18 Å². The molecule has 1 aromatic carbocycles. The van der Waals surface area contributed by atoms with E-state index >= 15 is 0 Å². The quantitative estimate of drug-likeness (QED) is 0.556. The molecule has 0 atom stereocenters. The van der Waals surface area contributed by atoms with Gasteiger partial charge in [0.2, 0.25) is 5.95 Å². The Morgan fingerprint density at radius 3 is 2.22 bits per heavy atom. The van der Waals surface area contributed by atoms with Gasteiger partial charge in [0.1, 0.15) is 5.82 Å². The van der Waals surface area contributed by atoms with Gasteiger partial charge in [-0.3, -0.25) is 0 Å². The predicted molar refractivity (Wildman–Crippen MR) is 54.6 cm³/mol. The highest BCUT2D eigenvalue weighted by Gasteiger charge is 2.34. The molecule has 0 aliphatic carbocycles. The van der Waals surface area contributed by atoms with Crippen LogP contribution in [-0.2, 0) is 6.18 Å². The minimum Gasteiger partial charge on any atom is -0.228 e.